The molecule has 3 amide bonds. The first kappa shape index (κ1) is 16.8. The van der Waals surface area contributed by atoms with Gasteiger partial charge < -0.3 is 14.8 Å². The Morgan fingerprint density at radius 2 is 2.00 bits per heavy atom. The zero-order valence-electron chi connectivity index (χ0n) is 11.3. The number of benzene rings is 1. The SMILES string of the molecule is CCNC(=O)NC(=O)COC(=O)COc1cccc(Cl)c1. The second-order valence-electron chi connectivity index (χ2n) is 3.81. The lowest BCUT2D eigenvalue weighted by atomic mass is 10.3. The largest absolute Gasteiger partial charge is 0.482 e. The Bertz CT molecular complexity index is 521. The van der Waals surface area contributed by atoms with Gasteiger partial charge >= 0.3 is 12.0 Å². The molecule has 0 aromatic heterocycles. The topological polar surface area (TPSA) is 93.7 Å². The van der Waals surface area contributed by atoms with Crippen LogP contribution >= 0.6 is 11.6 Å². The summed E-state index contributed by atoms with van der Waals surface area (Å²) in [7, 11) is 0. The lowest BCUT2D eigenvalue weighted by Gasteiger charge is -2.07. The highest BCUT2D eigenvalue weighted by Gasteiger charge is 2.10. The maximum atomic E-state index is 11.4. The van der Waals surface area contributed by atoms with Crippen LogP contribution in [0.4, 0.5) is 4.79 Å². The average molecular weight is 315 g/mol. The summed E-state index contributed by atoms with van der Waals surface area (Å²) in [6.07, 6.45) is 0. The standard InChI is InChI=1S/C13H15ClN2O5/c1-2-15-13(19)16-11(17)7-21-12(18)8-20-10-5-3-4-9(14)6-10/h3-6H,2,7-8H2,1H3,(H2,15,16,17,19). The summed E-state index contributed by atoms with van der Waals surface area (Å²) < 4.78 is 9.78. The van der Waals surface area contributed by atoms with Crippen molar-refractivity contribution in [2.24, 2.45) is 0 Å². The van der Waals surface area contributed by atoms with E-state index in [9.17, 15) is 14.4 Å². The fourth-order valence-corrected chi connectivity index (χ4v) is 1.43. The van der Waals surface area contributed by atoms with Crippen molar-refractivity contribution in [3.63, 3.8) is 0 Å². The molecule has 0 radical (unpaired) electrons. The predicted molar refractivity (Wildman–Crippen MR) is 75.1 cm³/mol. The Balaban J connectivity index is 2.25. The van der Waals surface area contributed by atoms with Gasteiger partial charge in [0, 0.05) is 11.6 Å². The first-order chi connectivity index (χ1) is 10.0. The lowest BCUT2D eigenvalue weighted by Crippen LogP contribution is -2.41. The molecule has 0 aliphatic carbocycles. The van der Waals surface area contributed by atoms with Crippen LogP contribution < -0.4 is 15.4 Å². The fourth-order valence-electron chi connectivity index (χ4n) is 1.25. The van der Waals surface area contributed by atoms with Crippen LogP contribution in [0.15, 0.2) is 24.3 Å². The quantitative estimate of drug-likeness (QED) is 0.767. The zero-order chi connectivity index (χ0) is 15.7. The van der Waals surface area contributed by atoms with Crippen LogP contribution in [0.2, 0.25) is 5.02 Å². The number of hydrogen-bond donors (Lipinski definition) is 2. The molecule has 0 heterocycles. The molecule has 1 rings (SSSR count). The zero-order valence-corrected chi connectivity index (χ0v) is 12.1. The van der Waals surface area contributed by atoms with Gasteiger partial charge in [-0.2, -0.15) is 0 Å². The molecular weight excluding hydrogens is 300 g/mol. The van der Waals surface area contributed by atoms with E-state index in [1.807, 2.05) is 5.32 Å². The van der Waals surface area contributed by atoms with Crippen LogP contribution in [0, 0.1) is 0 Å². The average Bonchev–Trinajstić information content (AvgIpc) is 2.43. The minimum absolute atomic E-state index is 0.366. The number of imide groups is 1. The first-order valence-electron chi connectivity index (χ1n) is 6.13. The third-order valence-electron chi connectivity index (χ3n) is 2.11. The third-order valence-corrected chi connectivity index (χ3v) is 2.34. The number of rotatable bonds is 6. The Morgan fingerprint density at radius 3 is 2.67 bits per heavy atom. The molecule has 0 atom stereocenters. The van der Waals surface area contributed by atoms with Gasteiger partial charge in [-0.1, -0.05) is 17.7 Å². The van der Waals surface area contributed by atoms with Crippen molar-refractivity contribution in [3.05, 3.63) is 29.3 Å². The smallest absolute Gasteiger partial charge is 0.344 e. The van der Waals surface area contributed by atoms with Gasteiger partial charge in [-0.3, -0.25) is 10.1 Å². The van der Waals surface area contributed by atoms with Crippen molar-refractivity contribution in [3.8, 4) is 5.75 Å². The number of hydrogen-bond acceptors (Lipinski definition) is 5. The molecule has 8 heteroatoms. The summed E-state index contributed by atoms with van der Waals surface area (Å²) in [5, 5.41) is 4.83. The van der Waals surface area contributed by atoms with Crippen molar-refractivity contribution in [1.82, 2.24) is 10.6 Å². The molecule has 0 unspecified atom stereocenters. The summed E-state index contributed by atoms with van der Waals surface area (Å²) in [5.74, 6) is -1.05. The lowest BCUT2D eigenvalue weighted by molar-refractivity contribution is -0.150. The number of nitrogens with one attached hydrogen (secondary N) is 2. The number of ether oxygens (including phenoxy) is 2. The highest BCUT2D eigenvalue weighted by Crippen LogP contribution is 2.16. The molecule has 0 spiro atoms. The molecular formula is C13H15ClN2O5. The molecule has 21 heavy (non-hydrogen) atoms. The van der Waals surface area contributed by atoms with E-state index in [0.717, 1.165) is 0 Å². The summed E-state index contributed by atoms with van der Waals surface area (Å²) in [4.78, 5) is 33.6. The van der Waals surface area contributed by atoms with E-state index in [1.165, 1.54) is 6.07 Å². The maximum absolute atomic E-state index is 11.4. The van der Waals surface area contributed by atoms with Crippen LogP contribution in [-0.4, -0.2) is 37.7 Å². The van der Waals surface area contributed by atoms with Crippen molar-refractivity contribution in [2.45, 2.75) is 6.92 Å². The monoisotopic (exact) mass is 314 g/mol. The van der Waals surface area contributed by atoms with E-state index in [1.54, 1.807) is 25.1 Å². The van der Waals surface area contributed by atoms with E-state index in [0.29, 0.717) is 17.3 Å². The molecule has 2 N–H and O–H groups in total. The number of esters is 1. The molecule has 0 saturated carbocycles. The fraction of sp³-hybridized carbons (Fsp3) is 0.308. The van der Waals surface area contributed by atoms with Crippen LogP contribution in [0.3, 0.4) is 0 Å². The first-order valence-corrected chi connectivity index (χ1v) is 6.50. The summed E-state index contributed by atoms with van der Waals surface area (Å²) in [6.45, 7) is 1.16. The van der Waals surface area contributed by atoms with Gasteiger partial charge in [0.15, 0.2) is 13.2 Å². The second-order valence-corrected chi connectivity index (χ2v) is 4.25. The highest BCUT2D eigenvalue weighted by molar-refractivity contribution is 6.30. The van der Waals surface area contributed by atoms with E-state index >= 15 is 0 Å². The van der Waals surface area contributed by atoms with Crippen molar-refractivity contribution >= 4 is 29.5 Å². The van der Waals surface area contributed by atoms with Gasteiger partial charge in [-0.15, -0.1) is 0 Å². The molecule has 1 aromatic rings. The molecule has 1 aromatic carbocycles. The van der Waals surface area contributed by atoms with Gasteiger partial charge in [-0.05, 0) is 25.1 Å². The summed E-state index contributed by atoms with van der Waals surface area (Å²) >= 11 is 5.75. The van der Waals surface area contributed by atoms with Crippen LogP contribution in [0.5, 0.6) is 5.75 Å². The van der Waals surface area contributed by atoms with Gasteiger partial charge in [0.25, 0.3) is 5.91 Å². The van der Waals surface area contributed by atoms with Crippen LogP contribution in [-0.2, 0) is 14.3 Å². The van der Waals surface area contributed by atoms with E-state index in [2.05, 4.69) is 10.1 Å². The molecule has 0 bridgehead atoms. The van der Waals surface area contributed by atoms with Gasteiger partial charge in [0.05, 0.1) is 0 Å². The molecule has 0 aliphatic rings. The normalized spacial score (nSPS) is 9.62. The molecule has 0 saturated heterocycles. The van der Waals surface area contributed by atoms with Crippen molar-refractivity contribution in [1.29, 1.82) is 0 Å². The van der Waals surface area contributed by atoms with Crippen molar-refractivity contribution < 1.29 is 23.9 Å². The Hall–Kier alpha value is -2.28. The molecule has 7 nitrogen and oxygen atoms in total. The Kier molecular flexibility index (Phi) is 7.03. The predicted octanol–water partition coefficient (Wildman–Crippen LogP) is 1.11. The van der Waals surface area contributed by atoms with Gasteiger partial charge in [0.1, 0.15) is 5.75 Å². The molecule has 0 aliphatic heterocycles. The van der Waals surface area contributed by atoms with Crippen LogP contribution in [0.25, 0.3) is 0 Å². The number of urea groups is 1. The highest BCUT2D eigenvalue weighted by atomic mass is 35.5. The number of halogens is 1. The molecule has 0 fully saturated rings. The van der Waals surface area contributed by atoms with Gasteiger partial charge in [0.2, 0.25) is 0 Å². The second kappa shape index (κ2) is 8.80. The Labute approximate surface area is 126 Å². The number of amides is 3. The number of carbonyl (C=O) groups excluding carboxylic acids is 3. The van der Waals surface area contributed by atoms with E-state index in [4.69, 9.17) is 16.3 Å². The molecule has 114 valence electrons. The van der Waals surface area contributed by atoms with E-state index < -0.39 is 24.5 Å². The van der Waals surface area contributed by atoms with Crippen molar-refractivity contribution in [2.75, 3.05) is 19.8 Å². The summed E-state index contributed by atoms with van der Waals surface area (Å²) in [6, 6.07) is 5.85. The minimum atomic E-state index is -0.735. The third kappa shape index (κ3) is 7.17. The van der Waals surface area contributed by atoms with E-state index in [-0.39, 0.29) is 6.61 Å². The number of carbonyl (C=O) groups is 3. The summed E-state index contributed by atoms with van der Waals surface area (Å²) in [5.41, 5.74) is 0. The Morgan fingerprint density at radius 1 is 1.24 bits per heavy atom. The maximum Gasteiger partial charge on any atom is 0.344 e. The van der Waals surface area contributed by atoms with Gasteiger partial charge in [-0.25, -0.2) is 9.59 Å². The minimum Gasteiger partial charge on any atom is -0.482 e. The van der Waals surface area contributed by atoms with Crippen LogP contribution in [0.1, 0.15) is 6.92 Å².